The number of nitrogens with zero attached hydrogens (tertiary/aromatic N) is 1. The van der Waals surface area contributed by atoms with E-state index in [1.807, 2.05) is 14.1 Å². The first-order valence-electron chi connectivity index (χ1n) is 1.61. The van der Waals surface area contributed by atoms with Crippen LogP contribution in [-0.2, 0) is 0 Å². The second-order valence-corrected chi connectivity index (χ2v) is 2.11. The molecular formula is C3H11N2SbSe. The molecule has 0 aromatic rings. The minimum absolute atomic E-state index is 0. The Hall–Kier alpha value is 0.808. The fraction of sp³-hybridized carbons (Fsp3) is 0.667. The molecule has 2 N–H and O–H groups in total. The summed E-state index contributed by atoms with van der Waals surface area (Å²) in [4.78, 5) is 1.81. The maximum absolute atomic E-state index is 5.22. The molecule has 0 unspecified atom stereocenters. The molecule has 0 rings (SSSR count). The van der Waals surface area contributed by atoms with E-state index < -0.39 is 0 Å². The van der Waals surface area contributed by atoms with Gasteiger partial charge in [0.1, 0.15) is 0 Å². The molecule has 0 aliphatic heterocycles. The van der Waals surface area contributed by atoms with Gasteiger partial charge in [-0.3, -0.25) is 0 Å². The topological polar surface area (TPSA) is 29.3 Å². The van der Waals surface area contributed by atoms with E-state index in [0.29, 0.717) is 0 Å². The monoisotopic (exact) mass is 276 g/mol. The van der Waals surface area contributed by atoms with Gasteiger partial charge in [0.15, 0.2) is 0 Å². The van der Waals surface area contributed by atoms with Gasteiger partial charge < -0.3 is 0 Å². The molecule has 0 spiro atoms. The first-order valence-corrected chi connectivity index (χ1v) is 2.47. The minimum atomic E-state index is 0. The summed E-state index contributed by atoms with van der Waals surface area (Å²) in [6.45, 7) is 0. The third-order valence-electron chi connectivity index (χ3n) is 0.441. The van der Waals surface area contributed by atoms with Gasteiger partial charge in [0, 0.05) is 0 Å². The Morgan fingerprint density at radius 1 is 1.57 bits per heavy atom. The van der Waals surface area contributed by atoms with E-state index in [-0.39, 0.29) is 24.4 Å². The third kappa shape index (κ3) is 6.81. The zero-order valence-electron chi connectivity index (χ0n) is 4.64. The van der Waals surface area contributed by atoms with E-state index in [1.165, 1.54) is 0 Å². The van der Waals surface area contributed by atoms with Gasteiger partial charge in [0.2, 0.25) is 0 Å². The van der Waals surface area contributed by atoms with Crippen LogP contribution in [0.2, 0.25) is 0 Å². The molecule has 0 radical (unpaired) electrons. The number of rotatable bonds is 1. The number of hydrogen-bond acceptors (Lipinski definition) is 2. The predicted octanol–water partition coefficient (Wildman–Crippen LogP) is -2.42. The first kappa shape index (κ1) is 10.7. The van der Waals surface area contributed by atoms with Crippen molar-refractivity contribution in [1.82, 2.24) is 4.90 Å². The number of nitrogens with two attached hydrogens (primary N) is 1. The standard InChI is InChI=1S/C3H8N2Se.Sb.3H/c1-5(2)3(4)6;;;;/h1-2H3,(H2,4,6);;;;. The van der Waals surface area contributed by atoms with Crippen LogP contribution in [0.15, 0.2) is 0 Å². The van der Waals surface area contributed by atoms with Gasteiger partial charge in [-0.25, -0.2) is 0 Å². The van der Waals surface area contributed by atoms with Crippen LogP contribution in [0.25, 0.3) is 0 Å². The van der Waals surface area contributed by atoms with E-state index in [4.69, 9.17) is 5.73 Å². The first-order chi connectivity index (χ1) is 2.64. The predicted molar refractivity (Wildman–Crippen MR) is 38.6 cm³/mol. The van der Waals surface area contributed by atoms with Crippen LogP contribution in [-0.4, -0.2) is 63.7 Å². The van der Waals surface area contributed by atoms with Crippen LogP contribution in [0.3, 0.4) is 0 Å². The van der Waals surface area contributed by atoms with Crippen LogP contribution < -0.4 is 5.73 Å². The summed E-state index contributed by atoms with van der Waals surface area (Å²) in [5.41, 5.74) is 5.22. The molecule has 4 heteroatoms. The van der Waals surface area contributed by atoms with Crippen LogP contribution >= 0.6 is 0 Å². The summed E-state index contributed by atoms with van der Waals surface area (Å²) in [6.07, 6.45) is 0. The molecule has 0 amide bonds. The van der Waals surface area contributed by atoms with Crippen molar-refractivity contribution in [2.45, 2.75) is 0 Å². The fourth-order valence-electron chi connectivity index (χ4n) is 0. The van der Waals surface area contributed by atoms with Gasteiger partial charge in [0.05, 0.1) is 0 Å². The Morgan fingerprint density at radius 2 is 1.71 bits per heavy atom. The summed E-state index contributed by atoms with van der Waals surface area (Å²) in [6, 6.07) is 0. The molecule has 0 bridgehead atoms. The van der Waals surface area contributed by atoms with Crippen molar-refractivity contribution in [2.24, 2.45) is 5.73 Å². The molecule has 0 aliphatic carbocycles. The average molecular weight is 276 g/mol. The van der Waals surface area contributed by atoms with Crippen molar-refractivity contribution >= 4 is 44.7 Å². The van der Waals surface area contributed by atoms with Crippen LogP contribution in [0.4, 0.5) is 0 Å². The molecule has 44 valence electrons. The molecular weight excluding hydrogens is 265 g/mol. The normalized spacial score (nSPS) is 6.57. The van der Waals surface area contributed by atoms with Crippen LogP contribution in [0.5, 0.6) is 0 Å². The molecule has 0 aromatic heterocycles. The Balaban J connectivity index is 0. The molecule has 0 aliphatic rings. The molecule has 2 nitrogen and oxygen atoms in total. The molecule has 0 atom stereocenters. The summed E-state index contributed by atoms with van der Waals surface area (Å²) in [5, 5.41) is 0. The van der Waals surface area contributed by atoms with E-state index in [1.54, 1.807) is 4.90 Å². The van der Waals surface area contributed by atoms with Gasteiger partial charge in [-0.05, 0) is 0 Å². The van der Waals surface area contributed by atoms with E-state index in [9.17, 15) is 0 Å². The van der Waals surface area contributed by atoms with Crippen LogP contribution in [0.1, 0.15) is 0 Å². The van der Waals surface area contributed by atoms with Crippen molar-refractivity contribution in [3.8, 4) is 0 Å². The zero-order valence-corrected chi connectivity index (χ0v) is 10.4. The second kappa shape index (κ2) is 4.95. The van der Waals surface area contributed by atoms with Crippen molar-refractivity contribution in [3.05, 3.63) is 0 Å². The van der Waals surface area contributed by atoms with Crippen molar-refractivity contribution in [1.29, 1.82) is 0 Å². The Labute approximate surface area is 69.2 Å². The van der Waals surface area contributed by atoms with Crippen LogP contribution in [0, 0.1) is 0 Å². The molecule has 0 saturated heterocycles. The van der Waals surface area contributed by atoms with Gasteiger partial charge in [-0.2, -0.15) is 0 Å². The van der Waals surface area contributed by atoms with Gasteiger partial charge in [0.25, 0.3) is 0 Å². The molecule has 7 heavy (non-hydrogen) atoms. The van der Waals surface area contributed by atoms with Gasteiger partial charge in [-0.15, -0.1) is 0 Å². The second-order valence-electron chi connectivity index (χ2n) is 1.23. The molecule has 0 fully saturated rings. The zero-order chi connectivity index (χ0) is 5.15. The van der Waals surface area contributed by atoms with E-state index in [2.05, 4.69) is 15.6 Å². The van der Waals surface area contributed by atoms with Gasteiger partial charge in [-0.1, -0.05) is 0 Å². The Morgan fingerprint density at radius 3 is 1.71 bits per heavy atom. The van der Waals surface area contributed by atoms with Gasteiger partial charge >= 0.3 is 69.4 Å². The van der Waals surface area contributed by atoms with Crippen molar-refractivity contribution in [3.63, 3.8) is 0 Å². The quantitative estimate of drug-likeness (QED) is 0.540. The number of hydrogen-bond donors (Lipinski definition) is 1. The SMILES string of the molecule is CN(C)C(N)=[Se].[SbH3]. The Bertz CT molecular complexity index is 64.0. The van der Waals surface area contributed by atoms with E-state index in [0.717, 1.165) is 4.67 Å². The summed E-state index contributed by atoms with van der Waals surface area (Å²) >= 11 is 2.66. The summed E-state index contributed by atoms with van der Waals surface area (Å²) in [5.74, 6) is 0. The van der Waals surface area contributed by atoms with E-state index >= 15 is 0 Å². The maximum atomic E-state index is 5.22. The molecule has 0 heterocycles. The summed E-state index contributed by atoms with van der Waals surface area (Å²) in [7, 11) is 3.76. The molecule has 0 saturated carbocycles. The molecule has 0 aromatic carbocycles. The van der Waals surface area contributed by atoms with Crippen molar-refractivity contribution < 1.29 is 0 Å². The average Bonchev–Trinajstić information content (AvgIpc) is 1.36. The summed E-state index contributed by atoms with van der Waals surface area (Å²) < 4.78 is 0.718. The Kier molecular flexibility index (Phi) is 7.59. The van der Waals surface area contributed by atoms with Crippen molar-refractivity contribution in [2.75, 3.05) is 14.1 Å². The third-order valence-corrected chi connectivity index (χ3v) is 1.21. The fourth-order valence-corrected chi connectivity index (χ4v) is 0.